The van der Waals surface area contributed by atoms with E-state index in [0.717, 1.165) is 38.9 Å². The van der Waals surface area contributed by atoms with E-state index in [1.807, 2.05) is 48.5 Å². The van der Waals surface area contributed by atoms with Gasteiger partial charge in [0.1, 0.15) is 11.0 Å². The van der Waals surface area contributed by atoms with E-state index in [-0.39, 0.29) is 0 Å². The molecule has 79 heavy (non-hydrogen) atoms. The molecule has 0 aliphatic heterocycles. The Labute approximate surface area is 455 Å². The number of rotatable bonds is 7. The molecule has 0 unspecified atom stereocenters. The Bertz CT molecular complexity index is 4790. The van der Waals surface area contributed by atoms with Crippen LogP contribution in [0, 0.1) is 0 Å². The van der Waals surface area contributed by atoms with Gasteiger partial charge in [0, 0.05) is 27.6 Å². The summed E-state index contributed by atoms with van der Waals surface area (Å²) in [7, 11) is 0. The highest BCUT2D eigenvalue weighted by atomic mass is 16.4. The maximum Gasteiger partial charge on any atom is 0.227 e. The summed E-state index contributed by atoms with van der Waals surface area (Å²) in [6.45, 7) is 0. The Balaban J connectivity index is 0.000000137. The third-order valence-corrected chi connectivity index (χ3v) is 15.3. The summed E-state index contributed by atoms with van der Waals surface area (Å²) < 4.78 is 14.3. The molecular weight excluding hydrogens is 963 g/mol. The van der Waals surface area contributed by atoms with E-state index in [2.05, 4.69) is 251 Å². The fourth-order valence-corrected chi connectivity index (χ4v) is 11.3. The molecule has 0 saturated carbocycles. The molecule has 0 aliphatic rings. The molecule has 3 aromatic heterocycles. The number of benzene rings is 13. The first-order chi connectivity index (χ1) is 39.1. The second kappa shape index (κ2) is 19.2. The smallest absolute Gasteiger partial charge is 0.227 e. The second-order valence-corrected chi connectivity index (χ2v) is 20.1. The van der Waals surface area contributed by atoms with Crippen molar-refractivity contribution in [2.45, 2.75) is 0 Å². The van der Waals surface area contributed by atoms with Crippen LogP contribution in [0.5, 0.6) is 0 Å². The molecule has 0 atom stereocenters. The first-order valence-electron chi connectivity index (χ1n) is 26.7. The summed E-state index contributed by atoms with van der Waals surface area (Å²) >= 11 is 0. The highest BCUT2D eigenvalue weighted by molar-refractivity contribution is 6.21. The Morgan fingerprint density at radius 1 is 0.253 bits per heavy atom. The van der Waals surface area contributed by atoms with Crippen molar-refractivity contribution in [1.82, 2.24) is 14.5 Å². The van der Waals surface area contributed by atoms with Crippen LogP contribution in [0.1, 0.15) is 0 Å². The van der Waals surface area contributed by atoms with E-state index < -0.39 is 0 Å². The predicted octanol–water partition coefficient (Wildman–Crippen LogP) is 20.2. The number of aromatic nitrogens is 3. The van der Waals surface area contributed by atoms with Crippen molar-refractivity contribution >= 4 is 76.3 Å². The molecule has 5 heteroatoms. The molecule has 0 saturated heterocycles. The predicted molar refractivity (Wildman–Crippen MR) is 327 cm³/mol. The summed E-state index contributed by atoms with van der Waals surface area (Å²) in [6.07, 6.45) is 0. The maximum absolute atomic E-state index is 6.01. The second-order valence-electron chi connectivity index (χ2n) is 20.1. The molecule has 0 bridgehead atoms. The van der Waals surface area contributed by atoms with Gasteiger partial charge in [-0.05, 0) is 186 Å². The van der Waals surface area contributed by atoms with E-state index >= 15 is 0 Å². The molecule has 0 amide bonds. The summed E-state index contributed by atoms with van der Waals surface area (Å²) in [5, 5.41) is 10.0. The van der Waals surface area contributed by atoms with Crippen molar-refractivity contribution < 1.29 is 8.83 Å². The van der Waals surface area contributed by atoms with Gasteiger partial charge in [-0.15, -0.1) is 0 Å². The zero-order valence-corrected chi connectivity index (χ0v) is 42.8. The number of nitrogens with zero attached hydrogens (tertiary/aromatic N) is 3. The first-order valence-corrected chi connectivity index (χ1v) is 26.7. The average molecular weight is 1010 g/mol. The SMILES string of the molecule is c1ccc(-n2c3ccccc3c3c4ccc(-c5ccc(-c6nc7ccccc7o6)cc5)cc4ccc32)cc1.c1ccc2cc(-c3cc(-c4ccc(-c5nc6ccccc6o5)cc4)cc(-c4ccc5ccccc5c4)c3)ccc2c1. The minimum atomic E-state index is 0.638. The molecule has 0 spiro atoms. The van der Waals surface area contributed by atoms with Crippen LogP contribution in [-0.2, 0) is 0 Å². The van der Waals surface area contributed by atoms with Crippen LogP contribution >= 0.6 is 0 Å². The lowest BCUT2D eigenvalue weighted by atomic mass is 9.91. The van der Waals surface area contributed by atoms with Crippen LogP contribution in [-0.4, -0.2) is 14.5 Å². The van der Waals surface area contributed by atoms with E-state index in [1.54, 1.807) is 0 Å². The minimum absolute atomic E-state index is 0.638. The fraction of sp³-hybridized carbons (Fsp3) is 0. The molecule has 3 heterocycles. The van der Waals surface area contributed by atoms with Crippen LogP contribution in [0.3, 0.4) is 0 Å². The third kappa shape index (κ3) is 8.47. The first kappa shape index (κ1) is 45.7. The van der Waals surface area contributed by atoms with Crippen LogP contribution in [0.4, 0.5) is 0 Å². The Kier molecular flexibility index (Phi) is 11.1. The van der Waals surface area contributed by atoms with Crippen LogP contribution in [0.2, 0.25) is 0 Å². The zero-order chi connectivity index (χ0) is 52.2. The van der Waals surface area contributed by atoms with Gasteiger partial charge in [0.2, 0.25) is 11.8 Å². The molecule has 16 rings (SSSR count). The Hall–Kier alpha value is -10.6. The van der Waals surface area contributed by atoms with Gasteiger partial charge in [-0.2, -0.15) is 0 Å². The van der Waals surface area contributed by atoms with Gasteiger partial charge < -0.3 is 13.4 Å². The van der Waals surface area contributed by atoms with Crippen molar-refractivity contribution in [1.29, 1.82) is 0 Å². The van der Waals surface area contributed by atoms with Gasteiger partial charge in [-0.1, -0.05) is 176 Å². The lowest BCUT2D eigenvalue weighted by molar-refractivity contribution is 0.619. The van der Waals surface area contributed by atoms with Crippen LogP contribution in [0.15, 0.2) is 294 Å². The summed E-state index contributed by atoms with van der Waals surface area (Å²) in [5.74, 6) is 1.29. The van der Waals surface area contributed by atoms with Gasteiger partial charge in [-0.25, -0.2) is 9.97 Å². The molecule has 16 aromatic rings. The van der Waals surface area contributed by atoms with Crippen molar-refractivity contribution in [3.8, 4) is 73.1 Å². The zero-order valence-electron chi connectivity index (χ0n) is 42.8. The number of hydrogen-bond donors (Lipinski definition) is 0. The van der Waals surface area contributed by atoms with Crippen molar-refractivity contribution in [3.05, 3.63) is 285 Å². The number of oxazole rings is 2. The Morgan fingerprint density at radius 3 is 1.25 bits per heavy atom. The van der Waals surface area contributed by atoms with E-state index in [9.17, 15) is 0 Å². The molecule has 0 fully saturated rings. The molecule has 370 valence electrons. The number of fused-ring (bicyclic) bond motifs is 9. The molecule has 13 aromatic carbocycles. The molecule has 0 aliphatic carbocycles. The highest BCUT2D eigenvalue weighted by Crippen LogP contribution is 2.40. The standard InChI is InChI=1S/C39H25NO.C35H22N2O/c1-3-9-30-21-32(19-15-26(30)7-1)35-23-34(24-36(25-35)33-20-16-27-8-2-4-10-31(27)22-33)28-13-17-29(18-14-28)39-40-37-11-5-6-12-38(37)41-39;1-2-8-27(9-3-1)37-31-12-6-4-10-29(31)34-28-20-18-25(22-26(28)19-21-32(34)37)23-14-16-24(17-15-23)35-36-30-11-5-7-13-33(30)38-35/h1-25H;1-22H. The van der Waals surface area contributed by atoms with Gasteiger partial charge in [0.25, 0.3) is 0 Å². The monoisotopic (exact) mass is 1010 g/mol. The van der Waals surface area contributed by atoms with Crippen molar-refractivity contribution in [2.75, 3.05) is 0 Å². The highest BCUT2D eigenvalue weighted by Gasteiger charge is 2.17. The molecule has 0 N–H and O–H groups in total. The number of para-hydroxylation sites is 6. The van der Waals surface area contributed by atoms with Gasteiger partial charge in [-0.3, -0.25) is 0 Å². The molecule has 0 radical (unpaired) electrons. The van der Waals surface area contributed by atoms with Crippen LogP contribution < -0.4 is 0 Å². The third-order valence-electron chi connectivity index (χ3n) is 15.3. The maximum atomic E-state index is 6.01. The van der Waals surface area contributed by atoms with Crippen molar-refractivity contribution in [3.63, 3.8) is 0 Å². The van der Waals surface area contributed by atoms with Gasteiger partial charge in [0.15, 0.2) is 11.2 Å². The van der Waals surface area contributed by atoms with Gasteiger partial charge in [0.05, 0.1) is 11.0 Å². The van der Waals surface area contributed by atoms with E-state index in [1.165, 1.54) is 98.8 Å². The topological polar surface area (TPSA) is 57.0 Å². The lowest BCUT2D eigenvalue weighted by Crippen LogP contribution is -1.92. The minimum Gasteiger partial charge on any atom is -0.436 e. The molecule has 5 nitrogen and oxygen atoms in total. The normalized spacial score (nSPS) is 11.5. The van der Waals surface area contributed by atoms with E-state index in [4.69, 9.17) is 8.83 Å². The summed E-state index contributed by atoms with van der Waals surface area (Å²) in [4.78, 5) is 9.31. The molecular formula is C74H47N3O2. The largest absolute Gasteiger partial charge is 0.436 e. The van der Waals surface area contributed by atoms with Crippen molar-refractivity contribution in [2.24, 2.45) is 0 Å². The summed E-state index contributed by atoms with van der Waals surface area (Å²) in [6, 6.07) is 101. The van der Waals surface area contributed by atoms with E-state index in [0.29, 0.717) is 11.8 Å². The number of hydrogen-bond acceptors (Lipinski definition) is 4. The van der Waals surface area contributed by atoms with Gasteiger partial charge >= 0.3 is 0 Å². The quantitative estimate of drug-likeness (QED) is 0.160. The Morgan fingerprint density at radius 2 is 0.671 bits per heavy atom. The lowest BCUT2D eigenvalue weighted by Gasteiger charge is -2.13. The average Bonchev–Trinajstić information content (AvgIpc) is 4.42. The summed E-state index contributed by atoms with van der Waals surface area (Å²) in [5.41, 5.74) is 18.4. The fourth-order valence-electron chi connectivity index (χ4n) is 11.3. The van der Waals surface area contributed by atoms with Crippen LogP contribution in [0.25, 0.3) is 149 Å².